The van der Waals surface area contributed by atoms with Crippen LogP contribution in [0.5, 0.6) is 5.88 Å². The van der Waals surface area contributed by atoms with E-state index >= 15 is 0 Å². The summed E-state index contributed by atoms with van der Waals surface area (Å²) in [6.07, 6.45) is 0. The van der Waals surface area contributed by atoms with Crippen molar-refractivity contribution in [1.82, 2.24) is 14.7 Å². The Kier molecular flexibility index (Phi) is 6.27. The van der Waals surface area contributed by atoms with Gasteiger partial charge in [-0.1, -0.05) is 0 Å². The van der Waals surface area contributed by atoms with Gasteiger partial charge in [-0.25, -0.2) is 0 Å². The maximum absolute atomic E-state index is 12.3. The highest BCUT2D eigenvalue weighted by atomic mass is 32.2. The van der Waals surface area contributed by atoms with Crippen molar-refractivity contribution in [3.8, 4) is 11.6 Å². The van der Waals surface area contributed by atoms with Gasteiger partial charge in [0.15, 0.2) is 5.69 Å². The number of nitrogens with zero attached hydrogens (tertiary/aromatic N) is 3. The molecule has 1 aromatic carbocycles. The Morgan fingerprint density at radius 1 is 1.03 bits per heavy atom. The number of rotatable bonds is 7. The monoisotopic (exact) mass is 485 g/mol. The molecule has 17 heteroatoms. The normalized spacial score (nSPS) is 12.7. The zero-order valence-electron chi connectivity index (χ0n) is 14.9. The molecule has 0 atom stereocenters. The summed E-state index contributed by atoms with van der Waals surface area (Å²) in [5.41, 5.74) is -1.21. The van der Waals surface area contributed by atoms with E-state index in [1.807, 2.05) is 0 Å². The van der Waals surface area contributed by atoms with Crippen LogP contribution in [-0.4, -0.2) is 84.0 Å². The number of hydrogen-bond donors (Lipinski definition) is 4. The van der Waals surface area contributed by atoms with Crippen LogP contribution in [-0.2, 0) is 30.4 Å². The Morgan fingerprint density at radius 2 is 1.63 bits per heavy atom. The third-order valence-electron chi connectivity index (χ3n) is 3.68. The van der Waals surface area contributed by atoms with Crippen LogP contribution in [0.1, 0.15) is 10.5 Å². The first kappa shape index (κ1) is 23.7. The van der Waals surface area contributed by atoms with Gasteiger partial charge in [0.25, 0.3) is 36.3 Å². The number of aromatic nitrogens is 2. The van der Waals surface area contributed by atoms with Gasteiger partial charge in [-0.2, -0.15) is 35.0 Å². The Labute approximate surface area is 170 Å². The molecule has 0 radical (unpaired) electrons. The fraction of sp³-hybridized carbons (Fsp3) is 0.231. The minimum atomic E-state index is -4.95. The Hall–Kier alpha value is -2.57. The highest BCUT2D eigenvalue weighted by molar-refractivity contribution is 7.86. The first-order valence-corrected chi connectivity index (χ1v) is 12.1. The molecule has 0 aliphatic carbocycles. The van der Waals surface area contributed by atoms with E-state index in [9.17, 15) is 39.7 Å². The SMILES string of the molecule is CN(CCS(=O)(=O)O)C(=O)c1cc(O)n(-c2cc(S(=O)(=O)O)ccc2S(=O)(=O)O)n1. The van der Waals surface area contributed by atoms with Crippen LogP contribution in [0.4, 0.5) is 0 Å². The van der Waals surface area contributed by atoms with Crippen LogP contribution in [0.3, 0.4) is 0 Å². The lowest BCUT2D eigenvalue weighted by molar-refractivity contribution is 0.0796. The van der Waals surface area contributed by atoms with E-state index in [2.05, 4.69) is 5.10 Å². The topological polar surface area (TPSA) is 221 Å². The van der Waals surface area contributed by atoms with E-state index < -0.39 is 75.6 Å². The lowest BCUT2D eigenvalue weighted by atomic mass is 10.3. The van der Waals surface area contributed by atoms with Crippen LogP contribution in [0.25, 0.3) is 5.69 Å². The van der Waals surface area contributed by atoms with Crippen molar-refractivity contribution in [2.75, 3.05) is 19.3 Å². The van der Waals surface area contributed by atoms with Crippen LogP contribution in [0, 0.1) is 0 Å². The van der Waals surface area contributed by atoms with Crippen molar-refractivity contribution in [1.29, 1.82) is 0 Å². The van der Waals surface area contributed by atoms with Crippen molar-refractivity contribution in [2.45, 2.75) is 9.79 Å². The predicted molar refractivity (Wildman–Crippen MR) is 98.2 cm³/mol. The highest BCUT2D eigenvalue weighted by Crippen LogP contribution is 2.27. The fourth-order valence-electron chi connectivity index (χ4n) is 2.24. The number of hydrogen-bond acceptors (Lipinski definition) is 9. The van der Waals surface area contributed by atoms with Crippen molar-refractivity contribution >= 4 is 36.3 Å². The second-order valence-corrected chi connectivity index (χ2v) is 10.3. The van der Waals surface area contributed by atoms with Crippen LogP contribution < -0.4 is 0 Å². The molecule has 0 bridgehead atoms. The van der Waals surface area contributed by atoms with Crippen molar-refractivity contribution in [3.63, 3.8) is 0 Å². The lowest BCUT2D eigenvalue weighted by Gasteiger charge is -2.14. The molecule has 0 fully saturated rings. The molecular weight excluding hydrogens is 470 g/mol. The van der Waals surface area contributed by atoms with Gasteiger partial charge in [0, 0.05) is 19.7 Å². The number of amides is 1. The number of aromatic hydroxyl groups is 1. The minimum Gasteiger partial charge on any atom is -0.493 e. The maximum Gasteiger partial charge on any atom is 0.296 e. The van der Waals surface area contributed by atoms with Crippen LogP contribution in [0.15, 0.2) is 34.1 Å². The molecule has 4 N–H and O–H groups in total. The standard InChI is InChI=1S/C13H15N3O11S3/c1-15(4-5-28(19,20)21)13(18)9-7-12(17)16(14-9)10-6-8(29(22,23)24)2-3-11(10)30(25,26)27/h2-3,6-7,17H,4-5H2,1H3,(H,19,20,21)(H,22,23,24)(H,25,26,27). The summed E-state index contributed by atoms with van der Waals surface area (Å²) in [6, 6.07) is 2.66. The van der Waals surface area contributed by atoms with Crippen LogP contribution >= 0.6 is 0 Å². The molecule has 0 spiro atoms. The molecule has 30 heavy (non-hydrogen) atoms. The van der Waals surface area contributed by atoms with Gasteiger partial charge in [-0.15, -0.1) is 0 Å². The Morgan fingerprint density at radius 3 is 2.13 bits per heavy atom. The molecule has 14 nitrogen and oxygen atoms in total. The van der Waals surface area contributed by atoms with Gasteiger partial charge in [0.05, 0.1) is 16.3 Å². The predicted octanol–water partition coefficient (Wildman–Crippen LogP) is -0.969. The average molecular weight is 485 g/mol. The summed E-state index contributed by atoms with van der Waals surface area (Å²) >= 11 is 0. The van der Waals surface area contributed by atoms with Gasteiger partial charge in [-0.3, -0.25) is 18.5 Å². The zero-order chi connectivity index (χ0) is 23.1. The van der Waals surface area contributed by atoms with E-state index in [0.29, 0.717) is 22.9 Å². The summed E-state index contributed by atoms with van der Waals surface area (Å²) in [4.78, 5) is 11.5. The zero-order valence-corrected chi connectivity index (χ0v) is 17.4. The summed E-state index contributed by atoms with van der Waals surface area (Å²) in [5, 5.41) is 13.7. The number of benzene rings is 1. The van der Waals surface area contributed by atoms with Gasteiger partial charge in [0.1, 0.15) is 4.90 Å². The molecule has 2 rings (SSSR count). The third kappa shape index (κ3) is 5.52. The van der Waals surface area contributed by atoms with Crippen molar-refractivity contribution < 1.29 is 48.8 Å². The van der Waals surface area contributed by atoms with Crippen molar-refractivity contribution in [3.05, 3.63) is 30.0 Å². The molecule has 166 valence electrons. The first-order valence-electron chi connectivity index (χ1n) is 7.60. The van der Waals surface area contributed by atoms with Crippen LogP contribution in [0.2, 0.25) is 0 Å². The number of carbonyl (C=O) groups excluding carboxylic acids is 1. The molecule has 1 aromatic heterocycles. The van der Waals surface area contributed by atoms with Gasteiger partial charge >= 0.3 is 0 Å². The smallest absolute Gasteiger partial charge is 0.296 e. The largest absolute Gasteiger partial charge is 0.493 e. The van der Waals surface area contributed by atoms with E-state index in [1.54, 1.807) is 0 Å². The minimum absolute atomic E-state index is 0.418. The quantitative estimate of drug-likeness (QED) is 0.348. The summed E-state index contributed by atoms with van der Waals surface area (Å²) in [6.45, 7) is -0.445. The third-order valence-corrected chi connectivity index (χ3v) is 6.12. The Balaban J connectivity index is 2.56. The fourth-order valence-corrected chi connectivity index (χ4v) is 3.90. The van der Waals surface area contributed by atoms with Gasteiger partial charge in [-0.05, 0) is 18.2 Å². The van der Waals surface area contributed by atoms with Crippen molar-refractivity contribution in [2.24, 2.45) is 0 Å². The van der Waals surface area contributed by atoms with Gasteiger partial charge < -0.3 is 10.0 Å². The summed E-state index contributed by atoms with van der Waals surface area (Å²) in [5.74, 6) is -2.57. The molecule has 2 aromatic rings. The molecular formula is C13H15N3O11S3. The molecule has 0 saturated carbocycles. The van der Waals surface area contributed by atoms with E-state index in [1.165, 1.54) is 0 Å². The molecule has 1 heterocycles. The molecule has 0 aliphatic heterocycles. The van der Waals surface area contributed by atoms with Gasteiger partial charge in [0.2, 0.25) is 5.88 Å². The van der Waals surface area contributed by atoms with E-state index in [0.717, 1.165) is 18.0 Å². The molecule has 0 unspecified atom stereocenters. The summed E-state index contributed by atoms with van der Waals surface area (Å²) in [7, 11) is -13.0. The lowest BCUT2D eigenvalue weighted by Crippen LogP contribution is -2.31. The molecule has 1 amide bonds. The maximum atomic E-state index is 12.3. The highest BCUT2D eigenvalue weighted by Gasteiger charge is 2.25. The number of carbonyl (C=O) groups is 1. The van der Waals surface area contributed by atoms with E-state index in [-0.39, 0.29) is 0 Å². The molecule has 0 aliphatic rings. The second-order valence-electron chi connectivity index (χ2n) is 5.89. The van der Waals surface area contributed by atoms with E-state index in [4.69, 9.17) is 9.11 Å². The second kappa shape index (κ2) is 7.93. The average Bonchev–Trinajstić information content (AvgIpc) is 2.98. The Bertz CT molecular complexity index is 1310. The summed E-state index contributed by atoms with van der Waals surface area (Å²) < 4.78 is 95.1. The first-order chi connectivity index (χ1) is 13.5. The molecule has 0 saturated heterocycles.